The summed E-state index contributed by atoms with van der Waals surface area (Å²) in [5, 5.41) is 6.13. The van der Waals surface area contributed by atoms with Crippen molar-refractivity contribution in [3.05, 3.63) is 81.3 Å². The lowest BCUT2D eigenvalue weighted by atomic mass is 10.1. The highest BCUT2D eigenvalue weighted by Crippen LogP contribution is 2.28. The molecular weight excluding hydrogens is 520 g/mol. The Morgan fingerprint density at radius 2 is 1.97 bits per heavy atom. The number of halogens is 1. The summed E-state index contributed by atoms with van der Waals surface area (Å²) in [5.74, 6) is -0.538. The van der Waals surface area contributed by atoms with Gasteiger partial charge in [-0.2, -0.15) is 4.31 Å². The van der Waals surface area contributed by atoms with Gasteiger partial charge in [-0.25, -0.2) is 8.42 Å². The number of hydrogen-bond acceptors (Lipinski definition) is 6. The molecule has 1 aliphatic heterocycles. The molecule has 2 N–H and O–H groups in total. The molecule has 8 nitrogen and oxygen atoms in total. The van der Waals surface area contributed by atoms with Crippen LogP contribution in [0.25, 0.3) is 0 Å². The van der Waals surface area contributed by atoms with E-state index in [0.29, 0.717) is 40.7 Å². The summed E-state index contributed by atoms with van der Waals surface area (Å²) < 4.78 is 28.5. The number of pyridine rings is 1. The zero-order chi connectivity index (χ0) is 25.5. The minimum atomic E-state index is -4.01. The van der Waals surface area contributed by atoms with Crippen molar-refractivity contribution in [1.29, 1.82) is 0 Å². The van der Waals surface area contributed by atoms with Gasteiger partial charge in [0.2, 0.25) is 15.9 Å². The van der Waals surface area contributed by atoms with Crippen molar-refractivity contribution in [2.75, 3.05) is 13.1 Å². The second-order valence-corrected chi connectivity index (χ2v) is 11.9. The van der Waals surface area contributed by atoms with Crippen LogP contribution in [0.3, 0.4) is 0 Å². The quantitative estimate of drug-likeness (QED) is 0.426. The van der Waals surface area contributed by atoms with Gasteiger partial charge in [-0.1, -0.05) is 17.7 Å². The van der Waals surface area contributed by atoms with Gasteiger partial charge in [-0.05, 0) is 73.7 Å². The number of hydrogen-bond donors (Lipinski definition) is 2. The van der Waals surface area contributed by atoms with E-state index < -0.39 is 16.1 Å². The number of aromatic nitrogens is 1. The van der Waals surface area contributed by atoms with Crippen molar-refractivity contribution in [3.8, 4) is 0 Å². The summed E-state index contributed by atoms with van der Waals surface area (Å²) >= 11 is 7.17. The molecule has 1 saturated heterocycles. The normalized spacial score (nSPS) is 16.4. The number of benzene rings is 1. The lowest BCUT2D eigenvalue weighted by Gasteiger charge is -2.28. The van der Waals surface area contributed by atoms with Gasteiger partial charge in [0.25, 0.3) is 5.91 Å². The summed E-state index contributed by atoms with van der Waals surface area (Å²) in [7, 11) is -4.01. The van der Waals surface area contributed by atoms with Crippen LogP contribution in [-0.4, -0.2) is 48.7 Å². The summed E-state index contributed by atoms with van der Waals surface area (Å²) in [6, 6.07) is 12.3. The number of rotatable bonds is 9. The lowest BCUT2D eigenvalue weighted by molar-refractivity contribution is -0.124. The average Bonchev–Trinajstić information content (AvgIpc) is 3.25. The van der Waals surface area contributed by atoms with Gasteiger partial charge in [0.1, 0.15) is 6.04 Å². The highest BCUT2D eigenvalue weighted by molar-refractivity contribution is 7.89. The van der Waals surface area contributed by atoms with Gasteiger partial charge < -0.3 is 10.6 Å². The number of nitrogens with one attached hydrogen (secondary N) is 2. The molecule has 3 heterocycles. The Kier molecular flexibility index (Phi) is 8.73. The topological polar surface area (TPSA) is 108 Å². The lowest BCUT2D eigenvalue weighted by Crippen LogP contribution is -2.48. The molecule has 0 spiro atoms. The molecule has 0 unspecified atom stereocenters. The number of amides is 2. The van der Waals surface area contributed by atoms with Crippen molar-refractivity contribution in [3.63, 3.8) is 0 Å². The molecule has 2 amide bonds. The molecule has 0 radical (unpaired) electrons. The van der Waals surface area contributed by atoms with Gasteiger partial charge in [-0.3, -0.25) is 14.6 Å². The van der Waals surface area contributed by atoms with E-state index in [1.165, 1.54) is 39.9 Å². The number of nitrogens with zero attached hydrogens (tertiary/aromatic N) is 2. The van der Waals surface area contributed by atoms with Crippen LogP contribution in [0.15, 0.2) is 65.8 Å². The third kappa shape index (κ3) is 6.50. The fraction of sp³-hybridized carbons (Fsp3) is 0.320. The van der Waals surface area contributed by atoms with E-state index in [4.69, 9.17) is 11.6 Å². The Morgan fingerprint density at radius 1 is 1.17 bits per heavy atom. The molecule has 2 aromatic heterocycles. The van der Waals surface area contributed by atoms with Crippen molar-refractivity contribution in [1.82, 2.24) is 19.9 Å². The van der Waals surface area contributed by atoms with Crippen LogP contribution in [0.4, 0.5) is 0 Å². The summed E-state index contributed by atoms with van der Waals surface area (Å²) in [5.41, 5.74) is 1.02. The fourth-order valence-corrected chi connectivity index (χ4v) is 6.72. The molecule has 190 valence electrons. The highest BCUT2D eigenvalue weighted by atomic mass is 35.5. The first-order valence-electron chi connectivity index (χ1n) is 11.7. The van der Waals surface area contributed by atoms with E-state index >= 15 is 0 Å². The van der Waals surface area contributed by atoms with Gasteiger partial charge in [0.15, 0.2) is 0 Å². The highest BCUT2D eigenvalue weighted by Gasteiger charge is 2.37. The zero-order valence-electron chi connectivity index (χ0n) is 19.5. The molecule has 0 bridgehead atoms. The van der Waals surface area contributed by atoms with Crippen LogP contribution >= 0.6 is 22.9 Å². The minimum Gasteiger partial charge on any atom is -0.355 e. The van der Waals surface area contributed by atoms with E-state index in [2.05, 4.69) is 15.6 Å². The molecule has 36 heavy (non-hydrogen) atoms. The number of sulfonamides is 1. The zero-order valence-corrected chi connectivity index (χ0v) is 21.9. The predicted octanol–water partition coefficient (Wildman–Crippen LogP) is 3.63. The SMILES string of the molecule is O=C(NCCc1cccnc1)c1ccc(CN([C@@H]2CCCCNC2=O)S(=O)(=O)c2ccc(Cl)cc2)s1. The monoisotopic (exact) mass is 546 g/mol. The van der Waals surface area contributed by atoms with Gasteiger partial charge in [0, 0.05) is 41.9 Å². The molecule has 1 aliphatic rings. The van der Waals surface area contributed by atoms with Crippen molar-refractivity contribution in [2.24, 2.45) is 0 Å². The standard InChI is InChI=1S/C25H27ClN4O4S2/c26-19-6-9-21(10-7-19)36(33,34)30(22-5-1-2-14-28-24(22)31)17-20-8-11-23(35-20)25(32)29-15-12-18-4-3-13-27-16-18/h3-4,6-11,13,16,22H,1-2,5,12,14-15,17H2,(H,28,31)(H,29,32)/t22-/m1/s1. The molecule has 3 aromatic rings. The maximum Gasteiger partial charge on any atom is 0.261 e. The maximum atomic E-state index is 13.6. The molecule has 1 fully saturated rings. The van der Waals surface area contributed by atoms with Crippen LogP contribution < -0.4 is 10.6 Å². The van der Waals surface area contributed by atoms with E-state index in [-0.39, 0.29) is 23.3 Å². The Hall–Kier alpha value is -2.79. The Bertz CT molecular complexity index is 1300. The molecule has 1 atom stereocenters. The smallest absolute Gasteiger partial charge is 0.261 e. The second-order valence-electron chi connectivity index (χ2n) is 8.44. The first kappa shape index (κ1) is 26.3. The van der Waals surface area contributed by atoms with E-state index in [1.807, 2.05) is 12.1 Å². The largest absolute Gasteiger partial charge is 0.355 e. The van der Waals surface area contributed by atoms with Crippen LogP contribution in [0.5, 0.6) is 0 Å². The van der Waals surface area contributed by atoms with E-state index in [9.17, 15) is 18.0 Å². The van der Waals surface area contributed by atoms with Gasteiger partial charge >= 0.3 is 0 Å². The molecule has 0 saturated carbocycles. The maximum absolute atomic E-state index is 13.6. The Balaban J connectivity index is 1.51. The van der Waals surface area contributed by atoms with Crippen LogP contribution in [0.2, 0.25) is 5.02 Å². The van der Waals surface area contributed by atoms with Crippen molar-refractivity contribution in [2.45, 2.75) is 43.2 Å². The summed E-state index contributed by atoms with van der Waals surface area (Å²) in [4.78, 5) is 30.8. The first-order chi connectivity index (χ1) is 17.3. The van der Waals surface area contributed by atoms with Crippen LogP contribution in [0, 0.1) is 0 Å². The van der Waals surface area contributed by atoms with E-state index in [0.717, 1.165) is 18.4 Å². The fourth-order valence-electron chi connectivity index (χ4n) is 3.99. The number of carbonyl (C=O) groups excluding carboxylic acids is 2. The number of carbonyl (C=O) groups is 2. The third-order valence-electron chi connectivity index (χ3n) is 5.89. The Labute approximate surface area is 219 Å². The van der Waals surface area contributed by atoms with Gasteiger partial charge in [-0.15, -0.1) is 11.3 Å². The predicted molar refractivity (Wildman–Crippen MR) is 139 cm³/mol. The molecule has 0 aliphatic carbocycles. The second kappa shape index (κ2) is 12.0. The van der Waals surface area contributed by atoms with Crippen molar-refractivity contribution >= 4 is 44.8 Å². The van der Waals surface area contributed by atoms with Crippen molar-refractivity contribution < 1.29 is 18.0 Å². The van der Waals surface area contributed by atoms with E-state index in [1.54, 1.807) is 24.5 Å². The molecule has 4 rings (SSSR count). The van der Waals surface area contributed by atoms with Crippen LogP contribution in [0.1, 0.15) is 39.4 Å². The molecule has 1 aromatic carbocycles. The van der Waals surface area contributed by atoms with Crippen LogP contribution in [-0.2, 0) is 27.8 Å². The third-order valence-corrected chi connectivity index (χ3v) is 9.08. The first-order valence-corrected chi connectivity index (χ1v) is 14.3. The molecular formula is C25H27ClN4O4S2. The summed E-state index contributed by atoms with van der Waals surface area (Å²) in [6.45, 7) is 0.959. The molecule has 11 heteroatoms. The summed E-state index contributed by atoms with van der Waals surface area (Å²) in [6.07, 6.45) is 6.05. The van der Waals surface area contributed by atoms with Gasteiger partial charge in [0.05, 0.1) is 9.77 Å². The average molecular weight is 547 g/mol. The minimum absolute atomic E-state index is 0.0172. The number of thiophene rings is 1. The Morgan fingerprint density at radius 3 is 2.72 bits per heavy atom.